The highest BCUT2D eigenvalue weighted by molar-refractivity contribution is 5.86. The van der Waals surface area contributed by atoms with Gasteiger partial charge in [0, 0.05) is 19.3 Å². The standard InChI is InChI=1S/C10H12N2O4/c1-11-8(13)7(9(14)15)5-12(10(11)16)6-3-2-4-6/h5-6H,2-4H2,1H3,(H,14,15). The van der Waals surface area contributed by atoms with Crippen molar-refractivity contribution in [1.82, 2.24) is 9.13 Å². The first kappa shape index (κ1) is 10.7. The predicted octanol–water partition coefficient (Wildman–Crippen LogP) is -0.0298. The third-order valence-corrected chi connectivity index (χ3v) is 3.01. The number of rotatable bonds is 2. The number of carbonyl (C=O) groups is 1. The van der Waals surface area contributed by atoms with E-state index in [0.717, 1.165) is 30.0 Å². The van der Waals surface area contributed by atoms with Crippen LogP contribution in [0.25, 0.3) is 0 Å². The molecular weight excluding hydrogens is 212 g/mol. The number of hydrogen-bond acceptors (Lipinski definition) is 3. The van der Waals surface area contributed by atoms with E-state index in [9.17, 15) is 14.4 Å². The lowest BCUT2D eigenvalue weighted by Gasteiger charge is -2.27. The van der Waals surface area contributed by atoms with E-state index in [-0.39, 0.29) is 11.6 Å². The van der Waals surface area contributed by atoms with E-state index in [4.69, 9.17) is 5.11 Å². The van der Waals surface area contributed by atoms with Crippen molar-refractivity contribution in [2.24, 2.45) is 7.05 Å². The molecule has 0 radical (unpaired) electrons. The van der Waals surface area contributed by atoms with Crippen molar-refractivity contribution in [3.63, 3.8) is 0 Å². The van der Waals surface area contributed by atoms with Gasteiger partial charge in [-0.05, 0) is 19.3 Å². The molecule has 2 rings (SSSR count). The van der Waals surface area contributed by atoms with Crippen LogP contribution in [0.15, 0.2) is 15.8 Å². The molecule has 0 unspecified atom stereocenters. The van der Waals surface area contributed by atoms with Gasteiger partial charge in [-0.3, -0.25) is 13.9 Å². The first-order valence-electron chi connectivity index (χ1n) is 5.08. The number of nitrogens with zero attached hydrogens (tertiary/aromatic N) is 2. The summed E-state index contributed by atoms with van der Waals surface area (Å²) in [5.74, 6) is -1.30. The normalized spacial score (nSPS) is 15.8. The Kier molecular flexibility index (Phi) is 2.41. The van der Waals surface area contributed by atoms with Gasteiger partial charge in [-0.15, -0.1) is 0 Å². The van der Waals surface area contributed by atoms with Crippen LogP contribution in [-0.4, -0.2) is 20.2 Å². The van der Waals surface area contributed by atoms with Crippen LogP contribution in [0.1, 0.15) is 35.7 Å². The van der Waals surface area contributed by atoms with E-state index < -0.39 is 17.2 Å². The highest BCUT2D eigenvalue weighted by Gasteiger charge is 2.23. The SMILES string of the molecule is Cn1c(=O)c(C(=O)O)cn(C2CCC2)c1=O. The fourth-order valence-corrected chi connectivity index (χ4v) is 1.76. The summed E-state index contributed by atoms with van der Waals surface area (Å²) in [5.41, 5.74) is -1.55. The largest absolute Gasteiger partial charge is 0.477 e. The number of aromatic nitrogens is 2. The molecule has 86 valence electrons. The van der Waals surface area contributed by atoms with E-state index >= 15 is 0 Å². The van der Waals surface area contributed by atoms with Crippen molar-refractivity contribution in [3.05, 3.63) is 32.6 Å². The summed E-state index contributed by atoms with van der Waals surface area (Å²) in [6, 6.07) is 0.0393. The average molecular weight is 224 g/mol. The van der Waals surface area contributed by atoms with Crippen LogP contribution in [-0.2, 0) is 7.05 Å². The molecule has 0 bridgehead atoms. The van der Waals surface area contributed by atoms with Crippen molar-refractivity contribution < 1.29 is 9.90 Å². The summed E-state index contributed by atoms with van der Waals surface area (Å²) in [6.45, 7) is 0. The Balaban J connectivity index is 2.66. The minimum absolute atomic E-state index is 0.0393. The van der Waals surface area contributed by atoms with Crippen molar-refractivity contribution in [2.75, 3.05) is 0 Å². The molecule has 16 heavy (non-hydrogen) atoms. The van der Waals surface area contributed by atoms with E-state index in [1.54, 1.807) is 0 Å². The second-order valence-corrected chi connectivity index (χ2v) is 3.99. The van der Waals surface area contributed by atoms with Gasteiger partial charge < -0.3 is 5.11 Å². The molecule has 1 saturated carbocycles. The summed E-state index contributed by atoms with van der Waals surface area (Å²) in [6.07, 6.45) is 3.91. The molecule has 0 saturated heterocycles. The molecule has 0 aliphatic heterocycles. The topological polar surface area (TPSA) is 81.3 Å². The lowest BCUT2D eigenvalue weighted by Crippen LogP contribution is -2.43. The fraction of sp³-hybridized carbons (Fsp3) is 0.500. The van der Waals surface area contributed by atoms with Gasteiger partial charge in [0.2, 0.25) is 0 Å². The lowest BCUT2D eigenvalue weighted by molar-refractivity contribution is 0.0692. The van der Waals surface area contributed by atoms with Gasteiger partial charge in [0.15, 0.2) is 0 Å². The van der Waals surface area contributed by atoms with Crippen LogP contribution in [0, 0.1) is 0 Å². The van der Waals surface area contributed by atoms with E-state index in [1.807, 2.05) is 0 Å². The Hall–Kier alpha value is -1.85. The molecule has 1 fully saturated rings. The van der Waals surface area contributed by atoms with Gasteiger partial charge in [-0.2, -0.15) is 0 Å². The zero-order valence-corrected chi connectivity index (χ0v) is 8.84. The number of carboxylic acids is 1. The van der Waals surface area contributed by atoms with E-state index in [0.29, 0.717) is 0 Å². The average Bonchev–Trinajstić information content (AvgIpc) is 2.15. The van der Waals surface area contributed by atoms with E-state index in [1.165, 1.54) is 11.6 Å². The van der Waals surface area contributed by atoms with Gasteiger partial charge >= 0.3 is 11.7 Å². The molecular formula is C10H12N2O4. The second kappa shape index (κ2) is 3.62. The zero-order valence-electron chi connectivity index (χ0n) is 8.84. The highest BCUT2D eigenvalue weighted by Crippen LogP contribution is 2.29. The highest BCUT2D eigenvalue weighted by atomic mass is 16.4. The molecule has 6 nitrogen and oxygen atoms in total. The summed E-state index contributed by atoms with van der Waals surface area (Å²) >= 11 is 0. The van der Waals surface area contributed by atoms with Crippen LogP contribution in [0.2, 0.25) is 0 Å². The van der Waals surface area contributed by atoms with Gasteiger partial charge in [-0.25, -0.2) is 9.59 Å². The number of aromatic carboxylic acids is 1. The van der Waals surface area contributed by atoms with Crippen molar-refractivity contribution >= 4 is 5.97 Å². The maximum Gasteiger partial charge on any atom is 0.342 e. The lowest BCUT2D eigenvalue weighted by atomic mass is 9.93. The van der Waals surface area contributed by atoms with Crippen LogP contribution >= 0.6 is 0 Å². The Bertz CT molecular complexity index is 551. The van der Waals surface area contributed by atoms with Crippen LogP contribution in [0.5, 0.6) is 0 Å². The second-order valence-electron chi connectivity index (χ2n) is 3.99. The molecule has 1 N–H and O–H groups in total. The monoisotopic (exact) mass is 224 g/mol. The van der Waals surface area contributed by atoms with Crippen molar-refractivity contribution in [1.29, 1.82) is 0 Å². The minimum Gasteiger partial charge on any atom is -0.477 e. The molecule has 0 amide bonds. The first-order valence-corrected chi connectivity index (χ1v) is 5.08. The Morgan fingerprint density at radius 2 is 2.06 bits per heavy atom. The Morgan fingerprint density at radius 3 is 2.50 bits per heavy atom. The van der Waals surface area contributed by atoms with Crippen LogP contribution in [0.3, 0.4) is 0 Å². The van der Waals surface area contributed by atoms with Crippen LogP contribution in [0.4, 0.5) is 0 Å². The third kappa shape index (κ3) is 1.46. The molecule has 0 atom stereocenters. The minimum atomic E-state index is -1.30. The molecule has 1 heterocycles. The maximum atomic E-state index is 11.7. The third-order valence-electron chi connectivity index (χ3n) is 3.01. The molecule has 1 aromatic rings. The molecule has 1 aliphatic rings. The predicted molar refractivity (Wildman–Crippen MR) is 55.8 cm³/mol. The zero-order chi connectivity index (χ0) is 11.9. The van der Waals surface area contributed by atoms with Gasteiger partial charge in [0.1, 0.15) is 5.56 Å². The molecule has 0 aromatic carbocycles. The number of hydrogen-bond donors (Lipinski definition) is 1. The maximum absolute atomic E-state index is 11.7. The van der Waals surface area contributed by atoms with Crippen molar-refractivity contribution in [2.45, 2.75) is 25.3 Å². The van der Waals surface area contributed by atoms with Gasteiger partial charge in [0.25, 0.3) is 5.56 Å². The van der Waals surface area contributed by atoms with E-state index in [2.05, 4.69) is 0 Å². The quantitative estimate of drug-likeness (QED) is 0.764. The molecule has 1 aliphatic carbocycles. The van der Waals surface area contributed by atoms with Crippen molar-refractivity contribution in [3.8, 4) is 0 Å². The molecule has 1 aromatic heterocycles. The van der Waals surface area contributed by atoms with Crippen LogP contribution < -0.4 is 11.2 Å². The van der Waals surface area contributed by atoms with Gasteiger partial charge in [0.05, 0.1) is 0 Å². The smallest absolute Gasteiger partial charge is 0.342 e. The fourth-order valence-electron chi connectivity index (χ4n) is 1.76. The number of carboxylic acid groups (broad SMARTS) is 1. The first-order chi connectivity index (χ1) is 7.52. The van der Waals surface area contributed by atoms with Gasteiger partial charge in [-0.1, -0.05) is 0 Å². The molecule has 0 spiro atoms. The Labute approximate surface area is 90.8 Å². The summed E-state index contributed by atoms with van der Waals surface area (Å²) in [4.78, 5) is 34.1. The summed E-state index contributed by atoms with van der Waals surface area (Å²) < 4.78 is 2.20. The Morgan fingerprint density at radius 1 is 1.44 bits per heavy atom. The summed E-state index contributed by atoms with van der Waals surface area (Å²) in [5, 5.41) is 8.85. The summed E-state index contributed by atoms with van der Waals surface area (Å²) in [7, 11) is 1.30. The molecule has 6 heteroatoms.